The molecule has 1 amide bonds. The lowest BCUT2D eigenvalue weighted by Crippen LogP contribution is -2.31. The van der Waals surface area contributed by atoms with E-state index in [1.54, 1.807) is 6.20 Å². The Balaban J connectivity index is 1.29. The van der Waals surface area contributed by atoms with Crippen LogP contribution in [-0.4, -0.2) is 59.8 Å². The third kappa shape index (κ3) is 6.55. The Kier molecular flexibility index (Phi) is 7.80. The molecule has 2 N–H and O–H groups in total. The van der Waals surface area contributed by atoms with Gasteiger partial charge in [0.05, 0.1) is 39.6 Å². The summed E-state index contributed by atoms with van der Waals surface area (Å²) >= 11 is 0. The Labute approximate surface area is 227 Å². The number of ether oxygens (including phenoxy) is 1. The van der Waals surface area contributed by atoms with E-state index in [0.29, 0.717) is 11.6 Å². The van der Waals surface area contributed by atoms with Gasteiger partial charge >= 0.3 is 0 Å². The molecule has 0 aromatic carbocycles. The number of nitrogens with zero attached hydrogens (tertiary/aromatic N) is 4. The number of pyridine rings is 4. The van der Waals surface area contributed by atoms with Crippen molar-refractivity contribution in [2.24, 2.45) is 5.92 Å². The molecule has 5 heterocycles. The Morgan fingerprint density at radius 3 is 2.64 bits per heavy atom. The maximum Gasteiger partial charge on any atom is 0.253 e. The molecule has 1 aliphatic heterocycles. The average molecular weight is 547 g/mol. The van der Waals surface area contributed by atoms with Crippen molar-refractivity contribution in [3.8, 4) is 11.4 Å². The van der Waals surface area contributed by atoms with E-state index in [0.717, 1.165) is 60.4 Å². The molecule has 1 aliphatic rings. The maximum absolute atomic E-state index is 12.6. The van der Waals surface area contributed by atoms with Crippen LogP contribution in [-0.2, 0) is 21.1 Å². The molecule has 10 nitrogen and oxygen atoms in total. The first kappa shape index (κ1) is 26.6. The first-order valence-corrected chi connectivity index (χ1v) is 14.7. The lowest BCUT2D eigenvalue weighted by Gasteiger charge is -2.28. The number of anilines is 1. The van der Waals surface area contributed by atoms with Crippen LogP contribution >= 0.6 is 0 Å². The SMILES string of the molecule is CC(Nc1cccc(-c2ccc3cnc(CNC(=O)c4cncc(S(C)(=O)=O)c4)cc3n2)n1)C1CCOCC1. The topological polar surface area (TPSA) is 136 Å². The lowest BCUT2D eigenvalue weighted by molar-refractivity contribution is 0.0622. The number of nitrogens with one attached hydrogen (secondary N) is 2. The number of carbonyl (C=O) groups is 1. The Bertz CT molecular complexity index is 1600. The van der Waals surface area contributed by atoms with E-state index >= 15 is 0 Å². The van der Waals surface area contributed by atoms with Crippen LogP contribution < -0.4 is 10.6 Å². The molecular formula is C28H30N6O4S. The molecule has 0 spiro atoms. The summed E-state index contributed by atoms with van der Waals surface area (Å²) in [7, 11) is -3.47. The summed E-state index contributed by atoms with van der Waals surface area (Å²) in [5.41, 5.74) is 2.98. The van der Waals surface area contributed by atoms with Gasteiger partial charge in [-0.05, 0) is 62.1 Å². The highest BCUT2D eigenvalue weighted by molar-refractivity contribution is 7.90. The zero-order valence-electron chi connectivity index (χ0n) is 21.8. The van der Waals surface area contributed by atoms with Crippen LogP contribution in [0.1, 0.15) is 35.8 Å². The van der Waals surface area contributed by atoms with Crippen molar-refractivity contribution in [1.82, 2.24) is 25.3 Å². The van der Waals surface area contributed by atoms with Crippen molar-refractivity contribution in [2.75, 3.05) is 24.8 Å². The van der Waals surface area contributed by atoms with E-state index in [-0.39, 0.29) is 23.0 Å². The predicted molar refractivity (Wildman–Crippen MR) is 148 cm³/mol. The Hall–Kier alpha value is -3.96. The van der Waals surface area contributed by atoms with Gasteiger partial charge in [0.1, 0.15) is 5.82 Å². The summed E-state index contributed by atoms with van der Waals surface area (Å²) in [6.45, 7) is 3.94. The quantitative estimate of drug-likeness (QED) is 0.339. The molecule has 1 saturated heterocycles. The molecule has 1 fully saturated rings. The van der Waals surface area contributed by atoms with E-state index in [2.05, 4.69) is 27.5 Å². The third-order valence-electron chi connectivity index (χ3n) is 6.82. The van der Waals surface area contributed by atoms with Crippen LogP contribution in [0.3, 0.4) is 0 Å². The molecule has 39 heavy (non-hydrogen) atoms. The highest BCUT2D eigenvalue weighted by Crippen LogP contribution is 2.24. The van der Waals surface area contributed by atoms with E-state index in [1.807, 2.05) is 36.4 Å². The molecule has 11 heteroatoms. The van der Waals surface area contributed by atoms with Crippen LogP contribution in [0.5, 0.6) is 0 Å². The summed E-state index contributed by atoms with van der Waals surface area (Å²) in [4.78, 5) is 30.5. The summed E-state index contributed by atoms with van der Waals surface area (Å²) < 4.78 is 29.0. The standard InChI is InChI=1S/C28H30N6O4S/c1-18(19-8-10-38-11-9-19)32-27-5-3-4-24(34-27)25-7-6-20-15-30-22(13-26(20)33-25)16-31-28(35)21-12-23(17-29-14-21)39(2,36)37/h3-7,12-15,17-19H,8-11,16H2,1-2H3,(H,31,35)(H,32,34). The molecule has 4 aromatic rings. The van der Waals surface area contributed by atoms with Crippen LogP contribution in [0, 0.1) is 5.92 Å². The number of rotatable bonds is 8. The van der Waals surface area contributed by atoms with Crippen molar-refractivity contribution in [3.05, 3.63) is 72.3 Å². The number of hydrogen-bond donors (Lipinski definition) is 2. The molecule has 1 unspecified atom stereocenters. The fraction of sp³-hybridized carbons (Fsp3) is 0.321. The van der Waals surface area contributed by atoms with Crippen LogP contribution in [0.2, 0.25) is 0 Å². The Morgan fingerprint density at radius 1 is 1.05 bits per heavy atom. The largest absolute Gasteiger partial charge is 0.381 e. The summed E-state index contributed by atoms with van der Waals surface area (Å²) in [6.07, 6.45) is 7.41. The smallest absolute Gasteiger partial charge is 0.253 e. The zero-order valence-corrected chi connectivity index (χ0v) is 22.6. The second-order valence-corrected chi connectivity index (χ2v) is 11.7. The van der Waals surface area contributed by atoms with Gasteiger partial charge in [-0.3, -0.25) is 14.8 Å². The number of hydrogen-bond acceptors (Lipinski definition) is 9. The van der Waals surface area contributed by atoms with Crippen LogP contribution in [0.4, 0.5) is 5.82 Å². The Morgan fingerprint density at radius 2 is 1.85 bits per heavy atom. The fourth-order valence-corrected chi connectivity index (χ4v) is 5.13. The van der Waals surface area contributed by atoms with Gasteiger partial charge in [-0.2, -0.15) is 0 Å². The van der Waals surface area contributed by atoms with E-state index in [4.69, 9.17) is 14.7 Å². The first-order valence-electron chi connectivity index (χ1n) is 12.8. The van der Waals surface area contributed by atoms with Crippen LogP contribution in [0.15, 0.2) is 66.0 Å². The molecule has 1 atom stereocenters. The lowest BCUT2D eigenvalue weighted by atomic mass is 9.93. The minimum atomic E-state index is -3.47. The number of fused-ring (bicyclic) bond motifs is 1. The number of aromatic nitrogens is 4. The number of sulfone groups is 1. The molecule has 0 saturated carbocycles. The highest BCUT2D eigenvalue weighted by Gasteiger charge is 2.21. The van der Waals surface area contributed by atoms with Gasteiger partial charge < -0.3 is 15.4 Å². The molecule has 0 bridgehead atoms. The van der Waals surface area contributed by atoms with Crippen LogP contribution in [0.25, 0.3) is 22.3 Å². The van der Waals surface area contributed by atoms with Crippen molar-refractivity contribution < 1.29 is 17.9 Å². The maximum atomic E-state index is 12.6. The summed E-state index contributed by atoms with van der Waals surface area (Å²) in [5, 5.41) is 7.17. The predicted octanol–water partition coefficient (Wildman–Crippen LogP) is 3.65. The minimum absolute atomic E-state index is 0.0124. The fourth-order valence-electron chi connectivity index (χ4n) is 4.54. The molecular weight excluding hydrogens is 516 g/mol. The minimum Gasteiger partial charge on any atom is -0.381 e. The van der Waals surface area contributed by atoms with Gasteiger partial charge in [-0.25, -0.2) is 18.4 Å². The van der Waals surface area contributed by atoms with Gasteiger partial charge in [0.25, 0.3) is 5.91 Å². The van der Waals surface area contributed by atoms with Gasteiger partial charge in [0, 0.05) is 49.5 Å². The average Bonchev–Trinajstić information content (AvgIpc) is 2.95. The third-order valence-corrected chi connectivity index (χ3v) is 7.90. The normalized spacial score (nSPS) is 15.1. The summed E-state index contributed by atoms with van der Waals surface area (Å²) in [5.74, 6) is 0.912. The molecule has 4 aromatic heterocycles. The summed E-state index contributed by atoms with van der Waals surface area (Å²) in [6, 6.07) is 13.1. The van der Waals surface area contributed by atoms with Crippen molar-refractivity contribution in [1.29, 1.82) is 0 Å². The van der Waals surface area contributed by atoms with Gasteiger partial charge in [-0.1, -0.05) is 6.07 Å². The van der Waals surface area contributed by atoms with Gasteiger partial charge in [0.15, 0.2) is 9.84 Å². The molecule has 0 radical (unpaired) electrons. The second-order valence-electron chi connectivity index (χ2n) is 9.72. The molecule has 202 valence electrons. The van der Waals surface area contributed by atoms with Crippen molar-refractivity contribution >= 4 is 32.5 Å². The van der Waals surface area contributed by atoms with Gasteiger partial charge in [0.2, 0.25) is 0 Å². The van der Waals surface area contributed by atoms with Crippen molar-refractivity contribution in [3.63, 3.8) is 0 Å². The van der Waals surface area contributed by atoms with Gasteiger partial charge in [-0.15, -0.1) is 0 Å². The molecule has 0 aliphatic carbocycles. The molecule has 5 rings (SSSR count). The second kappa shape index (κ2) is 11.4. The highest BCUT2D eigenvalue weighted by atomic mass is 32.2. The van der Waals surface area contributed by atoms with E-state index in [9.17, 15) is 13.2 Å². The van der Waals surface area contributed by atoms with E-state index < -0.39 is 15.7 Å². The number of carbonyl (C=O) groups excluding carboxylic acids is 1. The zero-order chi connectivity index (χ0) is 27.4. The number of amides is 1. The first-order chi connectivity index (χ1) is 18.8. The van der Waals surface area contributed by atoms with Crippen molar-refractivity contribution in [2.45, 2.75) is 37.2 Å². The monoisotopic (exact) mass is 546 g/mol. The van der Waals surface area contributed by atoms with E-state index in [1.165, 1.54) is 18.5 Å².